The standard InChI is InChI=1S/C12H18N2O4S2/c13-20(16,17)12-4-3-10(19-12)6-11(15)14-7-9-2-1-5-18-8-9/h3-4,9H,1-2,5-8H2,(H,14,15)(H2,13,16,17). The number of amides is 1. The summed E-state index contributed by atoms with van der Waals surface area (Å²) in [5.74, 6) is 0.259. The molecular formula is C12H18N2O4S2. The summed E-state index contributed by atoms with van der Waals surface area (Å²) >= 11 is 1.03. The van der Waals surface area contributed by atoms with Gasteiger partial charge in [-0.05, 0) is 30.9 Å². The van der Waals surface area contributed by atoms with Crippen LogP contribution in [0.3, 0.4) is 0 Å². The number of hydrogen-bond donors (Lipinski definition) is 2. The second kappa shape index (κ2) is 6.66. The molecule has 1 atom stereocenters. The maximum atomic E-state index is 11.8. The van der Waals surface area contributed by atoms with Crippen LogP contribution in [0.5, 0.6) is 0 Å². The zero-order chi connectivity index (χ0) is 14.6. The van der Waals surface area contributed by atoms with Crippen LogP contribution in [0.2, 0.25) is 0 Å². The van der Waals surface area contributed by atoms with Gasteiger partial charge in [-0.1, -0.05) is 0 Å². The van der Waals surface area contributed by atoms with E-state index in [0.29, 0.717) is 23.9 Å². The van der Waals surface area contributed by atoms with Crippen LogP contribution < -0.4 is 10.5 Å². The number of sulfonamides is 1. The number of ether oxygens (including phenoxy) is 1. The maximum Gasteiger partial charge on any atom is 0.247 e. The van der Waals surface area contributed by atoms with Crippen LogP contribution in [0.4, 0.5) is 0 Å². The molecule has 2 heterocycles. The highest BCUT2D eigenvalue weighted by Crippen LogP contribution is 2.20. The van der Waals surface area contributed by atoms with Crippen molar-refractivity contribution in [2.45, 2.75) is 23.5 Å². The number of rotatable bonds is 5. The number of nitrogens with one attached hydrogen (secondary N) is 1. The SMILES string of the molecule is NS(=O)(=O)c1ccc(CC(=O)NCC2CCCOC2)s1. The van der Waals surface area contributed by atoms with Crippen LogP contribution >= 0.6 is 11.3 Å². The number of thiophene rings is 1. The Morgan fingerprint density at radius 3 is 2.90 bits per heavy atom. The highest BCUT2D eigenvalue weighted by Gasteiger charge is 2.16. The molecule has 1 unspecified atom stereocenters. The summed E-state index contributed by atoms with van der Waals surface area (Å²) in [6, 6.07) is 3.05. The number of carbonyl (C=O) groups excluding carboxylic acids is 1. The van der Waals surface area contributed by atoms with E-state index in [4.69, 9.17) is 9.88 Å². The summed E-state index contributed by atoms with van der Waals surface area (Å²) in [5.41, 5.74) is 0. The van der Waals surface area contributed by atoms with Crippen molar-refractivity contribution in [2.24, 2.45) is 11.1 Å². The zero-order valence-electron chi connectivity index (χ0n) is 11.0. The Bertz CT molecular complexity index is 562. The zero-order valence-corrected chi connectivity index (χ0v) is 12.6. The van der Waals surface area contributed by atoms with E-state index in [0.717, 1.165) is 30.8 Å². The molecule has 20 heavy (non-hydrogen) atoms. The summed E-state index contributed by atoms with van der Waals surface area (Å²) in [5, 5.41) is 7.88. The van der Waals surface area contributed by atoms with Crippen molar-refractivity contribution in [3.05, 3.63) is 17.0 Å². The molecule has 1 aliphatic heterocycles. The Morgan fingerprint density at radius 2 is 2.30 bits per heavy atom. The predicted molar refractivity (Wildman–Crippen MR) is 75.9 cm³/mol. The fourth-order valence-electron chi connectivity index (χ4n) is 2.05. The number of hydrogen-bond acceptors (Lipinski definition) is 5. The summed E-state index contributed by atoms with van der Waals surface area (Å²) in [6.07, 6.45) is 2.27. The molecule has 1 aromatic heterocycles. The molecule has 0 aliphatic carbocycles. The Hall–Kier alpha value is -0.960. The minimum atomic E-state index is -3.68. The monoisotopic (exact) mass is 318 g/mol. The van der Waals surface area contributed by atoms with E-state index in [1.165, 1.54) is 6.07 Å². The average molecular weight is 318 g/mol. The van der Waals surface area contributed by atoms with E-state index in [9.17, 15) is 13.2 Å². The van der Waals surface area contributed by atoms with E-state index in [1.54, 1.807) is 6.07 Å². The molecule has 0 saturated carbocycles. The van der Waals surface area contributed by atoms with Gasteiger partial charge < -0.3 is 10.1 Å². The molecule has 6 nitrogen and oxygen atoms in total. The van der Waals surface area contributed by atoms with Crippen molar-refractivity contribution in [1.29, 1.82) is 0 Å². The van der Waals surface area contributed by atoms with Crippen molar-refractivity contribution in [3.63, 3.8) is 0 Å². The Kier molecular flexibility index (Phi) is 5.14. The Labute approximate surface area is 122 Å². The Morgan fingerprint density at radius 1 is 1.50 bits per heavy atom. The fraction of sp³-hybridized carbons (Fsp3) is 0.583. The summed E-state index contributed by atoms with van der Waals surface area (Å²) in [7, 11) is -3.68. The van der Waals surface area contributed by atoms with E-state index in [2.05, 4.69) is 5.32 Å². The second-order valence-electron chi connectivity index (χ2n) is 4.83. The first kappa shape index (κ1) is 15.4. The molecular weight excluding hydrogens is 300 g/mol. The maximum absolute atomic E-state index is 11.8. The van der Waals surface area contributed by atoms with Gasteiger partial charge in [-0.25, -0.2) is 13.6 Å². The average Bonchev–Trinajstić information content (AvgIpc) is 2.86. The van der Waals surface area contributed by atoms with Gasteiger partial charge in [0, 0.05) is 18.0 Å². The molecule has 0 aromatic carbocycles. The number of carbonyl (C=O) groups is 1. The van der Waals surface area contributed by atoms with Crippen molar-refractivity contribution < 1.29 is 17.9 Å². The molecule has 3 N–H and O–H groups in total. The van der Waals surface area contributed by atoms with Crippen LogP contribution in [-0.2, 0) is 26.0 Å². The van der Waals surface area contributed by atoms with E-state index < -0.39 is 10.0 Å². The lowest BCUT2D eigenvalue weighted by Crippen LogP contribution is -2.33. The van der Waals surface area contributed by atoms with Gasteiger partial charge in [-0.15, -0.1) is 11.3 Å². The van der Waals surface area contributed by atoms with Gasteiger partial charge in [0.05, 0.1) is 13.0 Å². The Balaban J connectivity index is 1.80. The first-order valence-corrected chi connectivity index (χ1v) is 8.77. The lowest BCUT2D eigenvalue weighted by atomic mass is 10.0. The molecule has 1 saturated heterocycles. The largest absolute Gasteiger partial charge is 0.381 e. The van der Waals surface area contributed by atoms with Gasteiger partial charge in [0.25, 0.3) is 0 Å². The minimum absolute atomic E-state index is 0.0842. The van der Waals surface area contributed by atoms with Crippen LogP contribution in [0.15, 0.2) is 16.3 Å². The van der Waals surface area contributed by atoms with Gasteiger partial charge in [0.1, 0.15) is 4.21 Å². The van der Waals surface area contributed by atoms with Gasteiger partial charge >= 0.3 is 0 Å². The summed E-state index contributed by atoms with van der Waals surface area (Å²) in [6.45, 7) is 2.09. The van der Waals surface area contributed by atoms with E-state index in [-0.39, 0.29) is 16.5 Å². The summed E-state index contributed by atoms with van der Waals surface area (Å²) in [4.78, 5) is 12.5. The molecule has 1 amide bonds. The molecule has 8 heteroatoms. The smallest absolute Gasteiger partial charge is 0.247 e. The van der Waals surface area contributed by atoms with Gasteiger partial charge in [0.2, 0.25) is 15.9 Å². The molecule has 1 aliphatic rings. The lowest BCUT2D eigenvalue weighted by molar-refractivity contribution is -0.120. The van der Waals surface area contributed by atoms with Crippen molar-refractivity contribution in [3.8, 4) is 0 Å². The van der Waals surface area contributed by atoms with Crippen LogP contribution in [0, 0.1) is 5.92 Å². The van der Waals surface area contributed by atoms with E-state index in [1.807, 2.05) is 0 Å². The fourth-order valence-corrected chi connectivity index (χ4v) is 3.83. The first-order valence-electron chi connectivity index (χ1n) is 6.41. The van der Waals surface area contributed by atoms with Crippen LogP contribution in [-0.4, -0.2) is 34.1 Å². The van der Waals surface area contributed by atoms with Crippen LogP contribution in [0.1, 0.15) is 17.7 Å². The topological polar surface area (TPSA) is 98.5 Å². The predicted octanol–water partition coefficient (Wildman–Crippen LogP) is 0.481. The quantitative estimate of drug-likeness (QED) is 0.825. The number of nitrogens with two attached hydrogens (primary N) is 1. The highest BCUT2D eigenvalue weighted by atomic mass is 32.2. The molecule has 112 valence electrons. The van der Waals surface area contributed by atoms with E-state index >= 15 is 0 Å². The van der Waals surface area contributed by atoms with Crippen LogP contribution in [0.25, 0.3) is 0 Å². The highest BCUT2D eigenvalue weighted by molar-refractivity contribution is 7.91. The minimum Gasteiger partial charge on any atom is -0.381 e. The molecule has 1 aromatic rings. The molecule has 2 rings (SSSR count). The summed E-state index contributed by atoms with van der Waals surface area (Å²) < 4.78 is 27.7. The van der Waals surface area contributed by atoms with Crippen molar-refractivity contribution >= 4 is 27.3 Å². The third-order valence-corrected chi connectivity index (χ3v) is 5.62. The lowest BCUT2D eigenvalue weighted by Gasteiger charge is -2.22. The van der Waals surface area contributed by atoms with Gasteiger partial charge in [0.15, 0.2) is 0 Å². The molecule has 1 fully saturated rings. The number of primary sulfonamides is 1. The first-order chi connectivity index (χ1) is 9.45. The van der Waals surface area contributed by atoms with Gasteiger partial charge in [-0.2, -0.15) is 0 Å². The molecule has 0 spiro atoms. The third-order valence-electron chi connectivity index (χ3n) is 3.09. The van der Waals surface area contributed by atoms with Crippen molar-refractivity contribution in [2.75, 3.05) is 19.8 Å². The molecule has 0 bridgehead atoms. The third kappa shape index (κ3) is 4.55. The second-order valence-corrected chi connectivity index (χ2v) is 7.79. The normalized spacial score (nSPS) is 19.8. The van der Waals surface area contributed by atoms with Gasteiger partial charge in [-0.3, -0.25) is 4.79 Å². The van der Waals surface area contributed by atoms with Crippen molar-refractivity contribution in [1.82, 2.24) is 5.32 Å². The molecule has 0 radical (unpaired) electrons.